The van der Waals surface area contributed by atoms with Crippen LogP contribution in [-0.2, 0) is 14.8 Å². The first-order valence-electron chi connectivity index (χ1n) is 5.87. The number of amides is 1. The number of carbonyl (C=O) groups excluding carboxylic acids is 1. The first kappa shape index (κ1) is 14.4. The fourth-order valence-electron chi connectivity index (χ4n) is 1.91. The van der Waals surface area contributed by atoms with E-state index in [1.807, 2.05) is 0 Å². The molecule has 0 saturated carbocycles. The van der Waals surface area contributed by atoms with Crippen LogP contribution >= 0.6 is 11.3 Å². The van der Waals surface area contributed by atoms with Gasteiger partial charge in [0.15, 0.2) is 0 Å². The van der Waals surface area contributed by atoms with Gasteiger partial charge in [-0.2, -0.15) is 4.31 Å². The van der Waals surface area contributed by atoms with Gasteiger partial charge < -0.3 is 10.0 Å². The van der Waals surface area contributed by atoms with Crippen LogP contribution in [-0.4, -0.2) is 61.4 Å². The molecule has 0 spiro atoms. The second-order valence-electron chi connectivity index (χ2n) is 4.48. The summed E-state index contributed by atoms with van der Waals surface area (Å²) in [4.78, 5) is 13.4. The average Bonchev–Trinajstić information content (AvgIpc) is 2.99. The van der Waals surface area contributed by atoms with E-state index in [1.54, 1.807) is 11.4 Å². The number of nitrogens with zero attached hydrogens (tertiary/aromatic N) is 2. The molecule has 2 heterocycles. The zero-order valence-corrected chi connectivity index (χ0v) is 12.2. The Morgan fingerprint density at radius 1 is 1.63 bits per heavy atom. The summed E-state index contributed by atoms with van der Waals surface area (Å²) in [6.07, 6.45) is 0.0517. The molecule has 1 aliphatic heterocycles. The minimum absolute atomic E-state index is 0.201. The summed E-state index contributed by atoms with van der Waals surface area (Å²) in [6, 6.07) is 3.17. The van der Waals surface area contributed by atoms with Crippen molar-refractivity contribution in [2.75, 3.05) is 26.7 Å². The highest BCUT2D eigenvalue weighted by molar-refractivity contribution is 7.91. The third-order valence-electron chi connectivity index (χ3n) is 3.03. The molecule has 0 aliphatic carbocycles. The van der Waals surface area contributed by atoms with E-state index in [9.17, 15) is 18.3 Å². The van der Waals surface area contributed by atoms with Gasteiger partial charge in [-0.25, -0.2) is 8.42 Å². The fraction of sp³-hybridized carbons (Fsp3) is 0.545. The van der Waals surface area contributed by atoms with Crippen molar-refractivity contribution in [1.82, 2.24) is 9.21 Å². The summed E-state index contributed by atoms with van der Waals surface area (Å²) in [5.74, 6) is -0.279. The van der Waals surface area contributed by atoms with E-state index < -0.39 is 16.1 Å². The number of sulfonamides is 1. The number of aliphatic hydroxyl groups is 1. The largest absolute Gasteiger partial charge is 0.391 e. The molecule has 1 unspecified atom stereocenters. The quantitative estimate of drug-likeness (QED) is 0.847. The lowest BCUT2D eigenvalue weighted by atomic mass is 10.3. The molecule has 19 heavy (non-hydrogen) atoms. The van der Waals surface area contributed by atoms with E-state index in [4.69, 9.17) is 0 Å². The highest BCUT2D eigenvalue weighted by atomic mass is 32.2. The lowest BCUT2D eigenvalue weighted by Gasteiger charge is -2.20. The molecule has 1 amide bonds. The Morgan fingerprint density at radius 3 is 2.89 bits per heavy atom. The van der Waals surface area contributed by atoms with Gasteiger partial charge in [0.2, 0.25) is 5.91 Å². The summed E-state index contributed by atoms with van der Waals surface area (Å²) in [7, 11) is -2.20. The van der Waals surface area contributed by atoms with Gasteiger partial charge in [0.05, 0.1) is 12.6 Å². The number of β-amino-alcohol motifs (C(OH)–C–C–N with tert-alkyl or cyclic N) is 1. The molecule has 1 aliphatic rings. The number of carbonyl (C=O) groups is 1. The van der Waals surface area contributed by atoms with E-state index in [-0.39, 0.29) is 23.2 Å². The molecule has 1 N–H and O–H groups in total. The average molecular weight is 304 g/mol. The Bertz CT molecular complexity index is 541. The number of aliphatic hydroxyl groups excluding tert-OH is 1. The highest BCUT2D eigenvalue weighted by Gasteiger charge is 2.29. The Labute approximate surface area is 116 Å². The first-order valence-corrected chi connectivity index (χ1v) is 8.19. The van der Waals surface area contributed by atoms with Gasteiger partial charge in [0.25, 0.3) is 10.0 Å². The van der Waals surface area contributed by atoms with Crippen LogP contribution < -0.4 is 0 Å². The number of hydrogen-bond acceptors (Lipinski definition) is 5. The van der Waals surface area contributed by atoms with Crippen LogP contribution in [0.2, 0.25) is 0 Å². The first-order chi connectivity index (χ1) is 8.91. The molecule has 0 radical (unpaired) electrons. The van der Waals surface area contributed by atoms with Gasteiger partial charge in [0, 0.05) is 20.1 Å². The van der Waals surface area contributed by atoms with Crippen LogP contribution in [0.15, 0.2) is 21.7 Å². The minimum atomic E-state index is -3.59. The molecular formula is C11H16N2O4S2. The molecule has 2 rings (SSSR count). The summed E-state index contributed by atoms with van der Waals surface area (Å²) in [5.41, 5.74) is 0. The van der Waals surface area contributed by atoms with Gasteiger partial charge in [-0.3, -0.25) is 4.79 Å². The smallest absolute Gasteiger partial charge is 0.252 e. The molecule has 1 atom stereocenters. The number of likely N-dealkylation sites (N-methyl/N-ethyl adjacent to an activating group) is 1. The predicted molar refractivity (Wildman–Crippen MR) is 71.3 cm³/mol. The zero-order chi connectivity index (χ0) is 14.0. The summed E-state index contributed by atoms with van der Waals surface area (Å²) in [6.45, 7) is 0.561. The van der Waals surface area contributed by atoms with Crippen molar-refractivity contribution in [3.63, 3.8) is 0 Å². The minimum Gasteiger partial charge on any atom is -0.391 e. The zero-order valence-electron chi connectivity index (χ0n) is 10.5. The Kier molecular flexibility index (Phi) is 4.24. The molecule has 106 valence electrons. The molecule has 0 aromatic carbocycles. The molecule has 6 nitrogen and oxygen atoms in total. The van der Waals surface area contributed by atoms with E-state index in [1.165, 1.54) is 18.0 Å². The normalized spacial score (nSPS) is 20.2. The summed E-state index contributed by atoms with van der Waals surface area (Å²) < 4.78 is 25.5. The molecule has 1 saturated heterocycles. The van der Waals surface area contributed by atoms with Crippen LogP contribution in [0.3, 0.4) is 0 Å². The standard InChI is InChI=1S/C11H16N2O4S2/c1-12(19(16,17)11-3-2-6-18-11)8-10(15)13-5-4-9(14)7-13/h2-3,6,9,14H,4-5,7-8H2,1H3. The molecule has 8 heteroatoms. The van der Waals surface area contributed by atoms with Crippen molar-refractivity contribution in [1.29, 1.82) is 0 Å². The number of thiophene rings is 1. The fourth-order valence-corrected chi connectivity index (χ4v) is 4.23. The lowest BCUT2D eigenvalue weighted by molar-refractivity contribution is -0.130. The molecule has 1 aromatic heterocycles. The van der Waals surface area contributed by atoms with Crippen LogP contribution in [0, 0.1) is 0 Å². The van der Waals surface area contributed by atoms with Gasteiger partial charge in [-0.15, -0.1) is 11.3 Å². The summed E-state index contributed by atoms with van der Waals surface area (Å²) in [5, 5.41) is 11.0. The van der Waals surface area contributed by atoms with Crippen LogP contribution in [0.5, 0.6) is 0 Å². The van der Waals surface area contributed by atoms with Crippen LogP contribution in [0.1, 0.15) is 6.42 Å². The van der Waals surface area contributed by atoms with Gasteiger partial charge in [-0.1, -0.05) is 6.07 Å². The number of rotatable bonds is 4. The maximum absolute atomic E-state index is 12.1. The maximum atomic E-state index is 12.1. The molecule has 1 fully saturated rings. The Balaban J connectivity index is 2.01. The topological polar surface area (TPSA) is 77.9 Å². The van der Waals surface area contributed by atoms with Gasteiger partial charge in [-0.05, 0) is 17.9 Å². The van der Waals surface area contributed by atoms with Crippen molar-refractivity contribution >= 4 is 27.3 Å². The third kappa shape index (κ3) is 3.14. The van der Waals surface area contributed by atoms with Crippen molar-refractivity contribution < 1.29 is 18.3 Å². The van der Waals surface area contributed by atoms with Gasteiger partial charge in [0.1, 0.15) is 4.21 Å². The Morgan fingerprint density at radius 2 is 2.37 bits per heavy atom. The van der Waals surface area contributed by atoms with Crippen LogP contribution in [0.4, 0.5) is 0 Å². The Hall–Kier alpha value is -0.960. The van der Waals surface area contributed by atoms with Gasteiger partial charge >= 0.3 is 0 Å². The number of hydrogen-bond donors (Lipinski definition) is 1. The van der Waals surface area contributed by atoms with Crippen LogP contribution in [0.25, 0.3) is 0 Å². The van der Waals surface area contributed by atoms with Crippen molar-refractivity contribution in [3.8, 4) is 0 Å². The van der Waals surface area contributed by atoms with Crippen molar-refractivity contribution in [3.05, 3.63) is 17.5 Å². The summed E-state index contributed by atoms with van der Waals surface area (Å²) >= 11 is 1.12. The molecule has 1 aromatic rings. The predicted octanol–water partition coefficient (Wildman–Crippen LogP) is -0.0382. The van der Waals surface area contributed by atoms with Crippen molar-refractivity contribution in [2.45, 2.75) is 16.7 Å². The second-order valence-corrected chi connectivity index (χ2v) is 7.69. The monoisotopic (exact) mass is 304 g/mol. The number of likely N-dealkylation sites (tertiary alicyclic amines) is 1. The highest BCUT2D eigenvalue weighted by Crippen LogP contribution is 2.20. The molecular weight excluding hydrogens is 288 g/mol. The maximum Gasteiger partial charge on any atom is 0.252 e. The van der Waals surface area contributed by atoms with E-state index in [0.29, 0.717) is 13.0 Å². The third-order valence-corrected chi connectivity index (χ3v) is 6.21. The van der Waals surface area contributed by atoms with Crippen molar-refractivity contribution in [2.24, 2.45) is 0 Å². The SMILES string of the molecule is CN(CC(=O)N1CCC(O)C1)S(=O)(=O)c1cccs1. The molecule has 0 bridgehead atoms. The lowest BCUT2D eigenvalue weighted by Crippen LogP contribution is -2.40. The van der Waals surface area contributed by atoms with E-state index in [0.717, 1.165) is 15.6 Å². The van der Waals surface area contributed by atoms with E-state index >= 15 is 0 Å². The van der Waals surface area contributed by atoms with E-state index in [2.05, 4.69) is 0 Å². The second kappa shape index (κ2) is 5.58.